The fourth-order valence-electron chi connectivity index (χ4n) is 3.27. The van der Waals surface area contributed by atoms with E-state index in [1.165, 1.54) is 10.9 Å². The molecule has 0 saturated carbocycles. The lowest BCUT2D eigenvalue weighted by atomic mass is 9.87. The third kappa shape index (κ3) is 2.78. The Morgan fingerprint density at radius 2 is 1.40 bits per heavy atom. The van der Waals surface area contributed by atoms with Crippen molar-refractivity contribution in [2.75, 3.05) is 5.32 Å². The first-order valence-corrected chi connectivity index (χ1v) is 8.72. The highest BCUT2D eigenvalue weighted by molar-refractivity contribution is 6.09. The molecule has 0 aliphatic carbocycles. The number of hydrogen-bond acceptors (Lipinski definition) is 2. The summed E-state index contributed by atoms with van der Waals surface area (Å²) in [5.74, 6) is 0. The average Bonchev–Trinajstić information content (AvgIpc) is 2.96. The molecule has 0 atom stereocenters. The van der Waals surface area contributed by atoms with Crippen LogP contribution in [0.2, 0.25) is 0 Å². The third-order valence-corrected chi connectivity index (χ3v) is 4.75. The van der Waals surface area contributed by atoms with Crippen LogP contribution in [0, 0.1) is 6.92 Å². The van der Waals surface area contributed by atoms with Gasteiger partial charge in [-0.05, 0) is 41.7 Å². The second kappa shape index (κ2) is 5.66. The van der Waals surface area contributed by atoms with Crippen LogP contribution < -0.4 is 5.32 Å². The van der Waals surface area contributed by atoms with Crippen molar-refractivity contribution in [1.82, 2.24) is 0 Å². The Labute approximate surface area is 148 Å². The van der Waals surface area contributed by atoms with Crippen molar-refractivity contribution >= 4 is 33.3 Å². The molecule has 0 saturated heterocycles. The number of hydrogen-bond donors (Lipinski definition) is 1. The Kier molecular flexibility index (Phi) is 3.57. The number of aryl methyl sites for hydroxylation is 1. The van der Waals surface area contributed by atoms with Crippen molar-refractivity contribution in [3.63, 3.8) is 0 Å². The lowest BCUT2D eigenvalue weighted by Crippen LogP contribution is -2.10. The minimum Gasteiger partial charge on any atom is -0.454 e. The van der Waals surface area contributed by atoms with Crippen LogP contribution in [0.5, 0.6) is 0 Å². The number of rotatable bonds is 2. The summed E-state index contributed by atoms with van der Waals surface area (Å²) in [6.07, 6.45) is 0. The first-order valence-electron chi connectivity index (χ1n) is 8.72. The summed E-state index contributed by atoms with van der Waals surface area (Å²) in [6.45, 7) is 8.77. The minimum atomic E-state index is 0.162. The SMILES string of the molecule is Cc1cccc2c1oc1c(Nc3ccc(C(C)(C)C)cc3)cccc12. The minimum absolute atomic E-state index is 0.162. The molecular weight excluding hydrogens is 306 g/mol. The predicted octanol–water partition coefficient (Wildman–Crippen LogP) is 6.94. The van der Waals surface area contributed by atoms with Gasteiger partial charge in [-0.15, -0.1) is 0 Å². The van der Waals surface area contributed by atoms with E-state index in [0.717, 1.165) is 33.5 Å². The van der Waals surface area contributed by atoms with Crippen LogP contribution in [-0.4, -0.2) is 0 Å². The molecule has 3 aromatic carbocycles. The molecule has 0 unspecified atom stereocenters. The second-order valence-corrected chi connectivity index (χ2v) is 7.69. The highest BCUT2D eigenvalue weighted by atomic mass is 16.3. The Bertz CT molecular complexity index is 1050. The lowest BCUT2D eigenvalue weighted by Gasteiger charge is -2.19. The smallest absolute Gasteiger partial charge is 0.158 e. The summed E-state index contributed by atoms with van der Waals surface area (Å²) >= 11 is 0. The van der Waals surface area contributed by atoms with E-state index >= 15 is 0 Å². The largest absolute Gasteiger partial charge is 0.454 e. The van der Waals surface area contributed by atoms with Crippen molar-refractivity contribution in [2.45, 2.75) is 33.1 Å². The van der Waals surface area contributed by atoms with E-state index in [-0.39, 0.29) is 5.41 Å². The molecule has 126 valence electrons. The number of benzene rings is 3. The Morgan fingerprint density at radius 3 is 2.08 bits per heavy atom. The zero-order valence-corrected chi connectivity index (χ0v) is 15.2. The molecular formula is C23H23NO. The number of anilines is 2. The predicted molar refractivity (Wildman–Crippen MR) is 107 cm³/mol. The van der Waals surface area contributed by atoms with Crippen LogP contribution in [0.1, 0.15) is 31.9 Å². The lowest BCUT2D eigenvalue weighted by molar-refractivity contribution is 0.590. The topological polar surface area (TPSA) is 25.2 Å². The summed E-state index contributed by atoms with van der Waals surface area (Å²) in [7, 11) is 0. The van der Waals surface area contributed by atoms with E-state index in [2.05, 4.69) is 93.7 Å². The van der Waals surface area contributed by atoms with E-state index in [4.69, 9.17) is 4.42 Å². The molecule has 0 aliphatic rings. The molecule has 2 heteroatoms. The van der Waals surface area contributed by atoms with Gasteiger partial charge >= 0.3 is 0 Å². The Morgan fingerprint density at radius 1 is 0.760 bits per heavy atom. The zero-order chi connectivity index (χ0) is 17.6. The summed E-state index contributed by atoms with van der Waals surface area (Å²) < 4.78 is 6.20. The van der Waals surface area contributed by atoms with Crippen LogP contribution in [0.15, 0.2) is 65.1 Å². The van der Waals surface area contributed by atoms with Gasteiger partial charge < -0.3 is 9.73 Å². The monoisotopic (exact) mass is 329 g/mol. The standard InChI is InChI=1S/C23H23NO/c1-15-7-5-8-18-19-9-6-10-20(22(19)25-21(15)18)24-17-13-11-16(12-14-17)23(2,3)4/h5-14,24H,1-4H3. The van der Waals surface area contributed by atoms with Gasteiger partial charge in [-0.25, -0.2) is 0 Å². The Hall–Kier alpha value is -2.74. The number of nitrogens with one attached hydrogen (secondary N) is 1. The van der Waals surface area contributed by atoms with E-state index < -0.39 is 0 Å². The van der Waals surface area contributed by atoms with E-state index in [0.29, 0.717) is 0 Å². The van der Waals surface area contributed by atoms with Gasteiger partial charge in [0.15, 0.2) is 5.58 Å². The fraction of sp³-hybridized carbons (Fsp3) is 0.217. The van der Waals surface area contributed by atoms with Crippen molar-refractivity contribution in [2.24, 2.45) is 0 Å². The van der Waals surface area contributed by atoms with Crippen LogP contribution in [0.3, 0.4) is 0 Å². The van der Waals surface area contributed by atoms with E-state index in [1.54, 1.807) is 0 Å². The molecule has 0 amide bonds. The molecule has 0 fully saturated rings. The van der Waals surface area contributed by atoms with Gasteiger partial charge in [0, 0.05) is 16.5 Å². The number of fused-ring (bicyclic) bond motifs is 3. The summed E-state index contributed by atoms with van der Waals surface area (Å²) in [4.78, 5) is 0. The number of furan rings is 1. The van der Waals surface area contributed by atoms with Gasteiger partial charge in [-0.1, -0.05) is 63.2 Å². The maximum absolute atomic E-state index is 6.20. The Balaban J connectivity index is 1.77. The maximum atomic E-state index is 6.20. The van der Waals surface area contributed by atoms with Crippen molar-refractivity contribution in [1.29, 1.82) is 0 Å². The molecule has 1 heterocycles. The summed E-state index contributed by atoms with van der Waals surface area (Å²) in [5, 5.41) is 5.83. The molecule has 4 rings (SSSR count). The van der Waals surface area contributed by atoms with Gasteiger partial charge in [0.1, 0.15) is 5.58 Å². The van der Waals surface area contributed by atoms with Crippen LogP contribution in [-0.2, 0) is 5.41 Å². The van der Waals surface area contributed by atoms with E-state index in [1.807, 2.05) is 0 Å². The maximum Gasteiger partial charge on any atom is 0.158 e. The molecule has 1 N–H and O–H groups in total. The van der Waals surface area contributed by atoms with Crippen LogP contribution >= 0.6 is 0 Å². The summed E-state index contributed by atoms with van der Waals surface area (Å²) in [6, 6.07) is 21.2. The zero-order valence-electron chi connectivity index (χ0n) is 15.2. The molecule has 0 radical (unpaired) electrons. The van der Waals surface area contributed by atoms with Gasteiger partial charge in [-0.2, -0.15) is 0 Å². The summed E-state index contributed by atoms with van der Waals surface area (Å²) in [5.41, 5.74) is 6.59. The normalized spacial score (nSPS) is 12.0. The molecule has 4 aromatic rings. The van der Waals surface area contributed by atoms with Crippen molar-refractivity contribution in [3.8, 4) is 0 Å². The molecule has 25 heavy (non-hydrogen) atoms. The molecule has 1 aromatic heterocycles. The van der Waals surface area contributed by atoms with Gasteiger partial charge in [0.2, 0.25) is 0 Å². The van der Waals surface area contributed by atoms with Crippen LogP contribution in [0.4, 0.5) is 11.4 Å². The first-order chi connectivity index (χ1) is 11.9. The fourth-order valence-corrected chi connectivity index (χ4v) is 3.27. The van der Waals surface area contributed by atoms with Crippen LogP contribution in [0.25, 0.3) is 21.9 Å². The van der Waals surface area contributed by atoms with Gasteiger partial charge in [0.25, 0.3) is 0 Å². The molecule has 0 bridgehead atoms. The van der Waals surface area contributed by atoms with Crippen molar-refractivity contribution in [3.05, 3.63) is 71.8 Å². The first kappa shape index (κ1) is 15.8. The molecule has 2 nitrogen and oxygen atoms in total. The quantitative estimate of drug-likeness (QED) is 0.431. The van der Waals surface area contributed by atoms with Crippen molar-refractivity contribution < 1.29 is 4.42 Å². The second-order valence-electron chi connectivity index (χ2n) is 7.69. The molecule has 0 aliphatic heterocycles. The average molecular weight is 329 g/mol. The highest BCUT2D eigenvalue weighted by Gasteiger charge is 2.14. The molecule has 0 spiro atoms. The van der Waals surface area contributed by atoms with E-state index in [9.17, 15) is 0 Å². The third-order valence-electron chi connectivity index (χ3n) is 4.75. The van der Waals surface area contributed by atoms with Gasteiger partial charge in [0.05, 0.1) is 5.69 Å². The number of para-hydroxylation sites is 2. The highest BCUT2D eigenvalue weighted by Crippen LogP contribution is 2.36. The van der Waals surface area contributed by atoms with Gasteiger partial charge in [-0.3, -0.25) is 0 Å².